The Balaban J connectivity index is 1.77. The molecule has 1 fully saturated rings. The first-order chi connectivity index (χ1) is 11.6. The van der Waals surface area contributed by atoms with Gasteiger partial charge in [-0.25, -0.2) is 9.97 Å². The third kappa shape index (κ3) is 3.75. The highest BCUT2D eigenvalue weighted by atomic mass is 79.9. The average Bonchev–Trinajstić information content (AvgIpc) is 2.96. The summed E-state index contributed by atoms with van der Waals surface area (Å²) in [6, 6.07) is 9.88. The van der Waals surface area contributed by atoms with E-state index in [9.17, 15) is 4.79 Å². The van der Waals surface area contributed by atoms with E-state index < -0.39 is 0 Å². The van der Waals surface area contributed by atoms with E-state index in [1.165, 1.54) is 7.11 Å². The number of hydrogen-bond acceptors (Lipinski definition) is 5. The van der Waals surface area contributed by atoms with Gasteiger partial charge >= 0.3 is 5.97 Å². The number of hydrogen-bond donors (Lipinski definition) is 0. The van der Waals surface area contributed by atoms with E-state index in [0.29, 0.717) is 24.1 Å². The lowest BCUT2D eigenvalue weighted by Gasteiger charge is -2.17. The number of esters is 1. The first-order valence-corrected chi connectivity index (χ1v) is 8.77. The molecule has 2 atom stereocenters. The lowest BCUT2D eigenvalue weighted by atomic mass is 9.95. The number of aromatic nitrogens is 2. The van der Waals surface area contributed by atoms with Crippen LogP contribution >= 0.6 is 15.9 Å². The van der Waals surface area contributed by atoms with E-state index in [0.717, 1.165) is 28.9 Å². The Kier molecular flexibility index (Phi) is 5.14. The van der Waals surface area contributed by atoms with Crippen LogP contribution in [0.3, 0.4) is 0 Å². The molecule has 0 radical (unpaired) electrons. The maximum absolute atomic E-state index is 11.6. The van der Waals surface area contributed by atoms with E-state index >= 15 is 0 Å². The summed E-state index contributed by atoms with van der Waals surface area (Å²) in [6.45, 7) is 3.87. The highest BCUT2D eigenvalue weighted by Gasteiger charge is 2.32. The fraction of sp³-hybridized carbons (Fsp3) is 0.389. The molecule has 0 amide bonds. The first kappa shape index (κ1) is 16.9. The number of ether oxygens (including phenoxy) is 1. The largest absolute Gasteiger partial charge is 0.469 e. The summed E-state index contributed by atoms with van der Waals surface area (Å²) in [7, 11) is 1.44. The van der Waals surface area contributed by atoms with Crippen molar-refractivity contribution < 1.29 is 9.53 Å². The van der Waals surface area contributed by atoms with Crippen LogP contribution in [0.5, 0.6) is 0 Å². The molecule has 1 aromatic heterocycles. The Morgan fingerprint density at radius 2 is 2.04 bits per heavy atom. The van der Waals surface area contributed by atoms with Crippen molar-refractivity contribution in [2.45, 2.75) is 13.3 Å². The first-order valence-electron chi connectivity index (χ1n) is 7.97. The van der Waals surface area contributed by atoms with Gasteiger partial charge < -0.3 is 9.64 Å². The highest BCUT2D eigenvalue weighted by Crippen LogP contribution is 2.30. The standard InChI is InChI=1S/C18H20BrN3O2/c1-12-10-22(11-14(12)9-17(23)24-2)16-7-8-20-18(21-16)13-3-5-15(19)6-4-13/h3-8,12,14H,9-11H2,1-2H3/t12-,14-/m1/s1. The Hall–Kier alpha value is -1.95. The van der Waals surface area contributed by atoms with Crippen LogP contribution in [0.4, 0.5) is 5.82 Å². The Morgan fingerprint density at radius 1 is 1.29 bits per heavy atom. The quantitative estimate of drug-likeness (QED) is 0.748. The van der Waals surface area contributed by atoms with Gasteiger partial charge in [0.15, 0.2) is 5.82 Å². The van der Waals surface area contributed by atoms with Crippen molar-refractivity contribution in [3.8, 4) is 11.4 Å². The maximum Gasteiger partial charge on any atom is 0.305 e. The second kappa shape index (κ2) is 7.30. The second-order valence-corrected chi connectivity index (χ2v) is 7.08. The van der Waals surface area contributed by atoms with Crippen LogP contribution in [0, 0.1) is 11.8 Å². The van der Waals surface area contributed by atoms with E-state index in [1.54, 1.807) is 6.20 Å². The number of halogens is 1. The monoisotopic (exact) mass is 389 g/mol. The average molecular weight is 390 g/mol. The number of carbonyl (C=O) groups is 1. The lowest BCUT2D eigenvalue weighted by Crippen LogP contribution is -2.22. The molecule has 6 heteroatoms. The SMILES string of the molecule is COC(=O)C[C@@H]1CN(c2ccnc(-c3ccc(Br)cc3)n2)C[C@H]1C. The van der Waals surface area contributed by atoms with Gasteiger partial charge in [0.05, 0.1) is 13.5 Å². The normalized spacial score (nSPS) is 20.2. The predicted molar refractivity (Wildman–Crippen MR) is 96.7 cm³/mol. The molecule has 2 aromatic rings. The van der Waals surface area contributed by atoms with Crippen LogP contribution < -0.4 is 4.90 Å². The van der Waals surface area contributed by atoms with Crippen molar-refractivity contribution in [1.29, 1.82) is 0 Å². The fourth-order valence-corrected chi connectivity index (χ4v) is 3.31. The summed E-state index contributed by atoms with van der Waals surface area (Å²) in [6.07, 6.45) is 2.25. The van der Waals surface area contributed by atoms with Crippen LogP contribution in [0.1, 0.15) is 13.3 Å². The summed E-state index contributed by atoms with van der Waals surface area (Å²) in [5.74, 6) is 2.19. The van der Waals surface area contributed by atoms with Gasteiger partial charge in [-0.2, -0.15) is 0 Å². The van der Waals surface area contributed by atoms with Gasteiger partial charge in [-0.15, -0.1) is 0 Å². The fourth-order valence-electron chi connectivity index (χ4n) is 3.05. The zero-order chi connectivity index (χ0) is 17.1. The van der Waals surface area contributed by atoms with Gasteiger partial charge in [0.2, 0.25) is 0 Å². The molecule has 0 saturated carbocycles. The molecular weight excluding hydrogens is 370 g/mol. The summed E-state index contributed by atoms with van der Waals surface area (Å²) < 4.78 is 5.83. The maximum atomic E-state index is 11.6. The van der Waals surface area contributed by atoms with Crippen LogP contribution in [0.15, 0.2) is 41.0 Å². The minimum absolute atomic E-state index is 0.146. The van der Waals surface area contributed by atoms with Crippen LogP contribution in [-0.2, 0) is 9.53 Å². The molecule has 1 aliphatic rings. The Morgan fingerprint density at radius 3 is 2.75 bits per heavy atom. The molecule has 0 N–H and O–H groups in total. The topological polar surface area (TPSA) is 55.3 Å². The van der Waals surface area contributed by atoms with Crippen molar-refractivity contribution in [1.82, 2.24) is 9.97 Å². The van der Waals surface area contributed by atoms with Crippen LogP contribution in [0.25, 0.3) is 11.4 Å². The van der Waals surface area contributed by atoms with Gasteiger partial charge in [0.1, 0.15) is 5.82 Å². The third-order valence-electron chi connectivity index (χ3n) is 4.49. The summed E-state index contributed by atoms with van der Waals surface area (Å²) >= 11 is 3.44. The zero-order valence-electron chi connectivity index (χ0n) is 13.8. The van der Waals surface area contributed by atoms with E-state index in [-0.39, 0.29) is 5.97 Å². The van der Waals surface area contributed by atoms with Crippen molar-refractivity contribution in [3.63, 3.8) is 0 Å². The molecule has 1 saturated heterocycles. The third-order valence-corrected chi connectivity index (χ3v) is 5.02. The molecule has 0 unspecified atom stereocenters. The van der Waals surface area contributed by atoms with Crippen molar-refractivity contribution in [2.24, 2.45) is 11.8 Å². The minimum atomic E-state index is -0.146. The number of benzene rings is 1. The molecule has 1 aliphatic heterocycles. The molecule has 24 heavy (non-hydrogen) atoms. The molecule has 3 rings (SSSR count). The number of carbonyl (C=O) groups excluding carboxylic acids is 1. The van der Waals surface area contributed by atoms with E-state index in [2.05, 4.69) is 32.7 Å². The number of anilines is 1. The molecule has 5 nitrogen and oxygen atoms in total. The molecule has 0 aliphatic carbocycles. The van der Waals surface area contributed by atoms with Gasteiger partial charge in [-0.05, 0) is 30.0 Å². The number of rotatable bonds is 4. The van der Waals surface area contributed by atoms with Gasteiger partial charge in [0.25, 0.3) is 0 Å². The van der Waals surface area contributed by atoms with Crippen LogP contribution in [-0.4, -0.2) is 36.1 Å². The highest BCUT2D eigenvalue weighted by molar-refractivity contribution is 9.10. The van der Waals surface area contributed by atoms with Crippen LogP contribution in [0.2, 0.25) is 0 Å². The van der Waals surface area contributed by atoms with Crippen molar-refractivity contribution >= 4 is 27.7 Å². The van der Waals surface area contributed by atoms with Gasteiger partial charge in [-0.3, -0.25) is 4.79 Å². The smallest absolute Gasteiger partial charge is 0.305 e. The molecule has 2 heterocycles. The number of methoxy groups -OCH3 is 1. The van der Waals surface area contributed by atoms with Gasteiger partial charge in [0, 0.05) is 29.3 Å². The van der Waals surface area contributed by atoms with Crippen molar-refractivity contribution in [3.05, 3.63) is 41.0 Å². The van der Waals surface area contributed by atoms with E-state index in [1.807, 2.05) is 30.3 Å². The zero-order valence-corrected chi connectivity index (χ0v) is 15.4. The van der Waals surface area contributed by atoms with Gasteiger partial charge in [-0.1, -0.05) is 35.0 Å². The lowest BCUT2D eigenvalue weighted by molar-refractivity contribution is -0.141. The number of nitrogens with zero attached hydrogens (tertiary/aromatic N) is 3. The Bertz CT molecular complexity index is 720. The summed E-state index contributed by atoms with van der Waals surface area (Å²) in [5.41, 5.74) is 0.985. The molecular formula is C18H20BrN3O2. The molecule has 126 valence electrons. The summed E-state index contributed by atoms with van der Waals surface area (Å²) in [4.78, 5) is 22.9. The predicted octanol–water partition coefficient (Wildman–Crippen LogP) is 3.54. The van der Waals surface area contributed by atoms with Crippen molar-refractivity contribution in [2.75, 3.05) is 25.1 Å². The Labute approximate surface area is 150 Å². The second-order valence-electron chi connectivity index (χ2n) is 6.17. The minimum Gasteiger partial charge on any atom is -0.469 e. The van der Waals surface area contributed by atoms with E-state index in [4.69, 9.17) is 9.72 Å². The summed E-state index contributed by atoms with van der Waals surface area (Å²) in [5, 5.41) is 0. The molecule has 0 bridgehead atoms. The molecule has 1 aromatic carbocycles. The molecule has 0 spiro atoms.